The van der Waals surface area contributed by atoms with Gasteiger partial charge in [0.2, 0.25) is 0 Å². The fraction of sp³-hybridized carbons (Fsp3) is 0.474. The van der Waals surface area contributed by atoms with Gasteiger partial charge in [-0.25, -0.2) is 9.18 Å². The van der Waals surface area contributed by atoms with E-state index in [0.717, 1.165) is 36.5 Å². The number of carbonyl (C=O) groups excluding carboxylic acids is 1. The summed E-state index contributed by atoms with van der Waals surface area (Å²) >= 11 is 0. The number of aryl methyl sites for hydroxylation is 1. The summed E-state index contributed by atoms with van der Waals surface area (Å²) in [5.74, 6) is 0.436. The Kier molecular flexibility index (Phi) is 5.95. The molecule has 2 aromatic rings. The summed E-state index contributed by atoms with van der Waals surface area (Å²) < 4.78 is 21.0. The molecule has 8 heteroatoms. The third-order valence-corrected chi connectivity index (χ3v) is 4.61. The molecule has 0 aliphatic carbocycles. The summed E-state index contributed by atoms with van der Waals surface area (Å²) in [5.41, 5.74) is 2.77. The molecule has 2 amide bonds. The number of fused-ring (bicyclic) bond motifs is 1. The van der Waals surface area contributed by atoms with Gasteiger partial charge in [-0.1, -0.05) is 0 Å². The minimum atomic E-state index is -0.260. The van der Waals surface area contributed by atoms with Gasteiger partial charge in [-0.2, -0.15) is 5.10 Å². The normalized spacial score (nSPS) is 14.4. The Balaban J connectivity index is 1.69. The molecule has 1 aliphatic heterocycles. The van der Waals surface area contributed by atoms with E-state index in [1.54, 1.807) is 27.3 Å². The number of rotatable bonds is 5. The number of carbonyl (C=O) groups is 1. The Morgan fingerprint density at radius 3 is 2.89 bits per heavy atom. The van der Waals surface area contributed by atoms with Gasteiger partial charge in [-0.15, -0.1) is 0 Å². The Hall–Kier alpha value is -2.61. The summed E-state index contributed by atoms with van der Waals surface area (Å²) in [6.45, 7) is 3.45. The van der Waals surface area contributed by atoms with Crippen LogP contribution in [0.2, 0.25) is 0 Å². The van der Waals surface area contributed by atoms with Gasteiger partial charge in [-0.3, -0.25) is 9.58 Å². The van der Waals surface area contributed by atoms with Crippen molar-refractivity contribution in [3.05, 3.63) is 47.0 Å². The molecule has 0 unspecified atom stereocenters. The quantitative estimate of drug-likeness (QED) is 0.870. The molecule has 1 aromatic carbocycles. The molecule has 0 saturated heterocycles. The van der Waals surface area contributed by atoms with Crippen molar-refractivity contribution >= 4 is 6.03 Å². The standard InChI is InChI=1S/C19H26FN5O2/c1-23(2)19(26)21-11-16-10-17-13-24(7-4-8-25(17)22-16)12-14-9-15(20)5-6-18(14)27-3/h5-6,9-10H,4,7-8,11-13H2,1-3H3,(H,21,26). The highest BCUT2D eigenvalue weighted by Crippen LogP contribution is 2.23. The minimum Gasteiger partial charge on any atom is -0.496 e. The Morgan fingerprint density at radius 2 is 2.15 bits per heavy atom. The van der Waals surface area contributed by atoms with Crippen molar-refractivity contribution in [2.75, 3.05) is 27.7 Å². The second-order valence-electron chi connectivity index (χ2n) is 6.92. The predicted octanol–water partition coefficient (Wildman–Crippen LogP) is 2.21. The summed E-state index contributed by atoms with van der Waals surface area (Å²) in [7, 11) is 5.01. The molecule has 3 rings (SSSR count). The van der Waals surface area contributed by atoms with Gasteiger partial charge in [0, 0.05) is 45.8 Å². The first-order valence-corrected chi connectivity index (χ1v) is 9.02. The molecular formula is C19H26FN5O2. The average molecular weight is 375 g/mol. The van der Waals surface area contributed by atoms with Crippen LogP contribution in [0.4, 0.5) is 9.18 Å². The predicted molar refractivity (Wildman–Crippen MR) is 99.8 cm³/mol. The van der Waals surface area contributed by atoms with Crippen LogP contribution in [-0.4, -0.2) is 53.4 Å². The van der Waals surface area contributed by atoms with Crippen LogP contribution in [0.15, 0.2) is 24.3 Å². The van der Waals surface area contributed by atoms with Gasteiger partial charge in [0.25, 0.3) is 0 Å². The van der Waals surface area contributed by atoms with E-state index < -0.39 is 0 Å². The third kappa shape index (κ3) is 4.77. The van der Waals surface area contributed by atoms with Gasteiger partial charge in [0.1, 0.15) is 11.6 Å². The fourth-order valence-electron chi connectivity index (χ4n) is 3.25. The zero-order valence-electron chi connectivity index (χ0n) is 16.0. The monoisotopic (exact) mass is 375 g/mol. The van der Waals surface area contributed by atoms with E-state index in [1.165, 1.54) is 17.0 Å². The maximum absolute atomic E-state index is 13.6. The maximum Gasteiger partial charge on any atom is 0.317 e. The van der Waals surface area contributed by atoms with E-state index in [2.05, 4.69) is 15.3 Å². The topological polar surface area (TPSA) is 62.6 Å². The first kappa shape index (κ1) is 19.2. The van der Waals surface area contributed by atoms with Crippen molar-refractivity contribution in [1.29, 1.82) is 0 Å². The molecule has 27 heavy (non-hydrogen) atoms. The van der Waals surface area contributed by atoms with Crippen molar-refractivity contribution in [3.63, 3.8) is 0 Å². The van der Waals surface area contributed by atoms with Crippen LogP contribution >= 0.6 is 0 Å². The van der Waals surface area contributed by atoms with Crippen molar-refractivity contribution in [2.45, 2.75) is 32.6 Å². The molecule has 0 atom stereocenters. The number of urea groups is 1. The van der Waals surface area contributed by atoms with Crippen LogP contribution in [-0.2, 0) is 26.2 Å². The number of nitrogens with one attached hydrogen (secondary N) is 1. The molecule has 0 fully saturated rings. The molecule has 7 nitrogen and oxygen atoms in total. The lowest BCUT2D eigenvalue weighted by atomic mass is 10.1. The van der Waals surface area contributed by atoms with E-state index in [-0.39, 0.29) is 11.8 Å². The number of aromatic nitrogens is 2. The molecule has 0 saturated carbocycles. The smallest absolute Gasteiger partial charge is 0.317 e. The SMILES string of the molecule is COc1ccc(F)cc1CN1CCCn2nc(CNC(=O)N(C)C)cc2C1. The molecule has 1 aromatic heterocycles. The van der Waals surface area contributed by atoms with E-state index in [4.69, 9.17) is 4.74 Å². The highest BCUT2D eigenvalue weighted by atomic mass is 19.1. The van der Waals surface area contributed by atoms with Crippen molar-refractivity contribution in [1.82, 2.24) is 24.9 Å². The van der Waals surface area contributed by atoms with Crippen LogP contribution in [0, 0.1) is 5.82 Å². The summed E-state index contributed by atoms with van der Waals surface area (Å²) in [6, 6.07) is 6.49. The van der Waals surface area contributed by atoms with Crippen LogP contribution in [0.3, 0.4) is 0 Å². The van der Waals surface area contributed by atoms with Crippen molar-refractivity contribution in [2.24, 2.45) is 0 Å². The second-order valence-corrected chi connectivity index (χ2v) is 6.92. The first-order chi connectivity index (χ1) is 13.0. The van der Waals surface area contributed by atoms with Crippen LogP contribution in [0.5, 0.6) is 5.75 Å². The number of ether oxygens (including phenoxy) is 1. The summed E-state index contributed by atoms with van der Waals surface area (Å²) in [4.78, 5) is 15.4. The summed E-state index contributed by atoms with van der Waals surface area (Å²) in [5, 5.41) is 7.44. The molecule has 0 radical (unpaired) electrons. The molecule has 0 bridgehead atoms. The average Bonchev–Trinajstić information content (AvgIpc) is 2.91. The zero-order valence-corrected chi connectivity index (χ0v) is 16.0. The number of amides is 2. The molecule has 1 N–H and O–H groups in total. The van der Waals surface area contributed by atoms with E-state index in [0.29, 0.717) is 25.4 Å². The number of nitrogens with zero attached hydrogens (tertiary/aromatic N) is 4. The number of methoxy groups -OCH3 is 1. The Labute approximate surface area is 158 Å². The van der Waals surface area contributed by atoms with Crippen LogP contribution in [0.25, 0.3) is 0 Å². The Bertz CT molecular complexity index is 805. The van der Waals surface area contributed by atoms with E-state index >= 15 is 0 Å². The van der Waals surface area contributed by atoms with E-state index in [9.17, 15) is 9.18 Å². The Morgan fingerprint density at radius 1 is 1.33 bits per heavy atom. The molecule has 2 heterocycles. The maximum atomic E-state index is 13.6. The number of hydrogen-bond acceptors (Lipinski definition) is 4. The minimum absolute atomic E-state index is 0.141. The van der Waals surface area contributed by atoms with E-state index in [1.807, 2.05) is 10.7 Å². The van der Waals surface area contributed by atoms with Gasteiger partial charge < -0.3 is 15.0 Å². The number of benzene rings is 1. The highest BCUT2D eigenvalue weighted by Gasteiger charge is 2.18. The molecule has 146 valence electrons. The largest absolute Gasteiger partial charge is 0.496 e. The van der Waals surface area contributed by atoms with Crippen LogP contribution < -0.4 is 10.1 Å². The van der Waals surface area contributed by atoms with Gasteiger partial charge >= 0.3 is 6.03 Å². The highest BCUT2D eigenvalue weighted by molar-refractivity contribution is 5.73. The van der Waals surface area contributed by atoms with Gasteiger partial charge in [-0.05, 0) is 30.7 Å². The zero-order chi connectivity index (χ0) is 19.4. The van der Waals surface area contributed by atoms with Crippen molar-refractivity contribution < 1.29 is 13.9 Å². The second kappa shape index (κ2) is 8.39. The number of halogens is 1. The molecular weight excluding hydrogens is 349 g/mol. The van der Waals surface area contributed by atoms with Crippen LogP contribution in [0.1, 0.15) is 23.4 Å². The third-order valence-electron chi connectivity index (χ3n) is 4.61. The fourth-order valence-corrected chi connectivity index (χ4v) is 3.25. The lowest BCUT2D eigenvalue weighted by molar-refractivity contribution is 0.217. The van der Waals surface area contributed by atoms with Gasteiger partial charge in [0.05, 0.1) is 25.0 Å². The molecule has 0 spiro atoms. The summed E-state index contributed by atoms with van der Waals surface area (Å²) in [6.07, 6.45) is 0.954. The molecule has 1 aliphatic rings. The lowest BCUT2D eigenvalue weighted by Gasteiger charge is -2.21. The number of hydrogen-bond donors (Lipinski definition) is 1. The first-order valence-electron chi connectivity index (χ1n) is 9.02. The lowest BCUT2D eigenvalue weighted by Crippen LogP contribution is -2.34. The van der Waals surface area contributed by atoms with Gasteiger partial charge in [0.15, 0.2) is 0 Å². The van der Waals surface area contributed by atoms with Crippen molar-refractivity contribution in [3.8, 4) is 5.75 Å².